The van der Waals surface area contributed by atoms with Crippen LogP contribution in [0.1, 0.15) is 24.3 Å². The summed E-state index contributed by atoms with van der Waals surface area (Å²) < 4.78 is 10.9. The monoisotopic (exact) mass is 237 g/mol. The molecule has 0 radical (unpaired) electrons. The van der Waals surface area contributed by atoms with Crippen LogP contribution in [-0.2, 0) is 10.8 Å². The summed E-state index contributed by atoms with van der Waals surface area (Å²) >= 11 is 0. The molecule has 0 amide bonds. The van der Waals surface area contributed by atoms with Crippen molar-refractivity contribution in [2.24, 2.45) is 0 Å². The molecule has 1 aromatic rings. The van der Waals surface area contributed by atoms with Gasteiger partial charge in [0.25, 0.3) is 0 Å². The van der Waals surface area contributed by atoms with E-state index in [-0.39, 0.29) is 0 Å². The fourth-order valence-electron chi connectivity index (χ4n) is 2.19. The molecule has 0 aromatic heterocycles. The van der Waals surface area contributed by atoms with Crippen LogP contribution in [0.3, 0.4) is 0 Å². The second-order valence-electron chi connectivity index (χ2n) is 4.51. The first-order chi connectivity index (χ1) is 7.75. The molecule has 1 atom stereocenters. The minimum Gasteiger partial charge on any atom is -0.313 e. The van der Waals surface area contributed by atoms with Crippen LogP contribution in [-0.4, -0.2) is 28.8 Å². The van der Waals surface area contributed by atoms with E-state index in [0.29, 0.717) is 6.04 Å². The zero-order chi connectivity index (χ0) is 11.4. The summed E-state index contributed by atoms with van der Waals surface area (Å²) in [4.78, 5) is 0. The Labute approximate surface area is 99.9 Å². The van der Waals surface area contributed by atoms with Crippen molar-refractivity contribution in [1.82, 2.24) is 5.32 Å². The Bertz CT molecular complexity index is 346. The van der Waals surface area contributed by atoms with Gasteiger partial charge in [-0.25, -0.2) is 0 Å². The van der Waals surface area contributed by atoms with Crippen LogP contribution in [0.5, 0.6) is 0 Å². The normalized spacial score (nSPS) is 26.1. The Morgan fingerprint density at radius 1 is 1.31 bits per heavy atom. The number of benzene rings is 1. The van der Waals surface area contributed by atoms with Crippen LogP contribution in [0.4, 0.5) is 0 Å². The molecule has 1 aliphatic carbocycles. The fraction of sp³-hybridized carbons (Fsp3) is 0.538. The van der Waals surface area contributed by atoms with Gasteiger partial charge in [-0.05, 0) is 24.3 Å². The highest BCUT2D eigenvalue weighted by Gasteiger charge is 2.29. The van der Waals surface area contributed by atoms with E-state index in [1.54, 1.807) is 6.26 Å². The molecule has 2 nitrogen and oxygen atoms in total. The van der Waals surface area contributed by atoms with Crippen molar-refractivity contribution in [2.75, 3.05) is 18.6 Å². The van der Waals surface area contributed by atoms with Crippen LogP contribution < -0.4 is 5.32 Å². The van der Waals surface area contributed by atoms with Crippen molar-refractivity contribution in [1.29, 1.82) is 0 Å². The molecule has 1 aliphatic rings. The van der Waals surface area contributed by atoms with Gasteiger partial charge in [0.15, 0.2) is 0 Å². The third kappa shape index (κ3) is 3.16. The maximum atomic E-state index is 10.9. The van der Waals surface area contributed by atoms with Gasteiger partial charge in [-0.3, -0.25) is 4.21 Å². The Morgan fingerprint density at radius 2 is 2.00 bits per heavy atom. The zero-order valence-electron chi connectivity index (χ0n) is 9.69. The molecule has 1 aromatic carbocycles. The highest BCUT2D eigenvalue weighted by molar-refractivity contribution is 7.84. The van der Waals surface area contributed by atoms with Gasteiger partial charge in [0.2, 0.25) is 0 Å². The second-order valence-corrected chi connectivity index (χ2v) is 6.06. The third-order valence-electron chi connectivity index (χ3n) is 3.23. The summed E-state index contributed by atoms with van der Waals surface area (Å²) in [5.41, 5.74) is 1.46. The minimum atomic E-state index is -0.667. The lowest BCUT2D eigenvalue weighted by Crippen LogP contribution is -2.41. The van der Waals surface area contributed by atoms with E-state index in [2.05, 4.69) is 35.6 Å². The van der Waals surface area contributed by atoms with Crippen molar-refractivity contribution < 1.29 is 4.21 Å². The summed E-state index contributed by atoms with van der Waals surface area (Å²) in [5, 5.41) is 3.46. The van der Waals surface area contributed by atoms with Crippen molar-refractivity contribution in [3.05, 3.63) is 35.9 Å². The summed E-state index contributed by atoms with van der Waals surface area (Å²) in [6.07, 6.45) is 4.20. The molecule has 1 fully saturated rings. The van der Waals surface area contributed by atoms with Gasteiger partial charge in [-0.2, -0.15) is 0 Å². The molecule has 88 valence electrons. The molecule has 3 heteroatoms. The molecule has 1 N–H and O–H groups in total. The molecular weight excluding hydrogens is 218 g/mol. The average Bonchev–Trinajstić information content (AvgIpc) is 2.22. The number of rotatable bonds is 5. The standard InChI is InChI=1S/C13H19NOS/c1-16(15)8-7-14-13-9-12(10-13)11-5-3-2-4-6-11/h2-6,12-14H,7-10H2,1H3. The first kappa shape index (κ1) is 11.8. The van der Waals surface area contributed by atoms with E-state index >= 15 is 0 Å². The molecule has 0 saturated heterocycles. The van der Waals surface area contributed by atoms with Crippen LogP contribution in [0, 0.1) is 0 Å². The second kappa shape index (κ2) is 5.60. The molecule has 0 spiro atoms. The SMILES string of the molecule is CS(=O)CCNC1CC(c2ccccc2)C1. The van der Waals surface area contributed by atoms with Gasteiger partial charge < -0.3 is 5.32 Å². The predicted octanol–water partition coefficient (Wildman–Crippen LogP) is 1.90. The van der Waals surface area contributed by atoms with Gasteiger partial charge in [0.05, 0.1) is 0 Å². The zero-order valence-corrected chi connectivity index (χ0v) is 10.5. The van der Waals surface area contributed by atoms with Crippen molar-refractivity contribution in [2.45, 2.75) is 24.8 Å². The van der Waals surface area contributed by atoms with E-state index in [9.17, 15) is 4.21 Å². The van der Waals surface area contributed by atoms with E-state index in [4.69, 9.17) is 0 Å². The summed E-state index contributed by atoms with van der Waals surface area (Å²) in [6, 6.07) is 11.3. The van der Waals surface area contributed by atoms with E-state index in [1.165, 1.54) is 18.4 Å². The molecule has 0 aliphatic heterocycles. The van der Waals surface area contributed by atoms with E-state index in [0.717, 1.165) is 18.2 Å². The maximum absolute atomic E-state index is 10.9. The lowest BCUT2D eigenvalue weighted by molar-refractivity contribution is 0.296. The highest BCUT2D eigenvalue weighted by atomic mass is 32.2. The smallest absolute Gasteiger partial charge is 0.0357 e. The fourth-order valence-corrected chi connectivity index (χ4v) is 2.59. The van der Waals surface area contributed by atoms with Crippen molar-refractivity contribution in [3.63, 3.8) is 0 Å². The number of hydrogen-bond donors (Lipinski definition) is 1. The maximum Gasteiger partial charge on any atom is 0.0357 e. The van der Waals surface area contributed by atoms with Gasteiger partial charge in [0.1, 0.15) is 0 Å². The summed E-state index contributed by atoms with van der Waals surface area (Å²) in [5.74, 6) is 1.50. The van der Waals surface area contributed by atoms with Crippen molar-refractivity contribution in [3.8, 4) is 0 Å². The Kier molecular flexibility index (Phi) is 4.13. The number of hydrogen-bond acceptors (Lipinski definition) is 2. The summed E-state index contributed by atoms with van der Waals surface area (Å²) in [7, 11) is -0.667. The lowest BCUT2D eigenvalue weighted by Gasteiger charge is -2.36. The third-order valence-corrected chi connectivity index (χ3v) is 4.01. The predicted molar refractivity (Wildman–Crippen MR) is 69.1 cm³/mol. The molecule has 0 heterocycles. The van der Waals surface area contributed by atoms with Crippen molar-refractivity contribution >= 4 is 10.8 Å². The van der Waals surface area contributed by atoms with Gasteiger partial charge in [-0.1, -0.05) is 30.3 Å². The van der Waals surface area contributed by atoms with Gasteiger partial charge in [-0.15, -0.1) is 0 Å². The Hall–Kier alpha value is -0.670. The molecular formula is C13H19NOS. The van der Waals surface area contributed by atoms with Gasteiger partial charge >= 0.3 is 0 Å². The van der Waals surface area contributed by atoms with E-state index in [1.807, 2.05) is 0 Å². The molecule has 1 saturated carbocycles. The average molecular weight is 237 g/mol. The van der Waals surface area contributed by atoms with Crippen LogP contribution >= 0.6 is 0 Å². The Morgan fingerprint density at radius 3 is 2.62 bits per heavy atom. The first-order valence-electron chi connectivity index (χ1n) is 5.84. The van der Waals surface area contributed by atoms with Crippen LogP contribution in [0.2, 0.25) is 0 Å². The quantitative estimate of drug-likeness (QED) is 0.847. The van der Waals surface area contributed by atoms with Crippen LogP contribution in [0.25, 0.3) is 0 Å². The topological polar surface area (TPSA) is 29.1 Å². The molecule has 2 rings (SSSR count). The van der Waals surface area contributed by atoms with Crippen LogP contribution in [0.15, 0.2) is 30.3 Å². The molecule has 0 bridgehead atoms. The molecule has 1 unspecified atom stereocenters. The molecule has 16 heavy (non-hydrogen) atoms. The number of nitrogens with one attached hydrogen (secondary N) is 1. The van der Waals surface area contributed by atoms with Gasteiger partial charge in [0, 0.05) is 35.4 Å². The highest BCUT2D eigenvalue weighted by Crippen LogP contribution is 2.36. The minimum absolute atomic E-state index is 0.633. The summed E-state index contributed by atoms with van der Waals surface area (Å²) in [6.45, 7) is 0.884. The Balaban J connectivity index is 1.68. The largest absolute Gasteiger partial charge is 0.313 e. The first-order valence-corrected chi connectivity index (χ1v) is 7.57. The lowest BCUT2D eigenvalue weighted by atomic mass is 9.76. The van der Waals surface area contributed by atoms with E-state index < -0.39 is 10.8 Å².